The zero-order valence-electron chi connectivity index (χ0n) is 16.5. The van der Waals surface area contributed by atoms with Crippen LogP contribution in [0, 0.1) is 6.92 Å². The van der Waals surface area contributed by atoms with Crippen molar-refractivity contribution in [2.75, 3.05) is 20.2 Å². The lowest BCUT2D eigenvalue weighted by atomic mass is 10.0. The van der Waals surface area contributed by atoms with Gasteiger partial charge in [-0.15, -0.1) is 0 Å². The Labute approximate surface area is 159 Å². The number of rotatable bonds is 6. The first kappa shape index (κ1) is 19.6. The van der Waals surface area contributed by atoms with E-state index >= 15 is 0 Å². The number of aromatic amines is 1. The topological polar surface area (TPSA) is 74.4 Å². The molecule has 27 heavy (non-hydrogen) atoms. The van der Waals surface area contributed by atoms with Gasteiger partial charge in [-0.25, -0.2) is 0 Å². The average Bonchev–Trinajstić information content (AvgIpc) is 3.04. The van der Waals surface area contributed by atoms with E-state index in [1.165, 1.54) is 0 Å². The summed E-state index contributed by atoms with van der Waals surface area (Å²) in [6.07, 6.45) is 0.717. The third-order valence-corrected chi connectivity index (χ3v) is 5.50. The van der Waals surface area contributed by atoms with Crippen molar-refractivity contribution in [3.63, 3.8) is 0 Å². The maximum Gasteiger partial charge on any atom is 0.220 e. The number of ether oxygens (including phenoxy) is 1. The predicted molar refractivity (Wildman–Crippen MR) is 107 cm³/mol. The minimum Gasteiger partial charge on any atom is -0.378 e. The van der Waals surface area contributed by atoms with Gasteiger partial charge in [-0.05, 0) is 39.3 Å². The molecule has 2 aromatic rings. The molecule has 0 saturated carbocycles. The standard InChI is InChI=1S/C21H29N3O3/c1-13(2)24-11-18(19(12-24)27-4)23-20(25)10-9-15-14(3)22-17-8-6-5-7-16(17)21(15)26/h5-8,13,18-19H,9-12H2,1-4H3,(H,22,26)(H,23,25)/t18-,19-/m0/s1. The van der Waals surface area contributed by atoms with Crippen LogP contribution in [0.2, 0.25) is 0 Å². The highest BCUT2D eigenvalue weighted by Gasteiger charge is 2.34. The van der Waals surface area contributed by atoms with Crippen molar-refractivity contribution in [2.45, 2.75) is 51.8 Å². The number of H-pyrrole nitrogens is 1. The molecule has 1 amide bonds. The molecular weight excluding hydrogens is 342 g/mol. The number of likely N-dealkylation sites (tertiary alicyclic amines) is 1. The average molecular weight is 371 g/mol. The van der Waals surface area contributed by atoms with Gasteiger partial charge in [0.1, 0.15) is 0 Å². The fraction of sp³-hybridized carbons (Fsp3) is 0.524. The van der Waals surface area contributed by atoms with Crippen LogP contribution < -0.4 is 10.7 Å². The number of nitrogens with zero attached hydrogens (tertiary/aromatic N) is 1. The van der Waals surface area contributed by atoms with E-state index in [-0.39, 0.29) is 29.9 Å². The highest BCUT2D eigenvalue weighted by molar-refractivity contribution is 5.80. The Bertz CT molecular complexity index is 875. The van der Waals surface area contributed by atoms with Gasteiger partial charge in [0.25, 0.3) is 0 Å². The van der Waals surface area contributed by atoms with E-state index in [1.807, 2.05) is 31.2 Å². The number of aryl methyl sites for hydroxylation is 1. The molecule has 0 unspecified atom stereocenters. The Balaban J connectivity index is 1.66. The SMILES string of the molecule is CO[C@H]1CN(C(C)C)C[C@@H]1NC(=O)CCc1c(C)[nH]c2ccccc2c1=O. The molecule has 1 saturated heterocycles. The van der Waals surface area contributed by atoms with Crippen molar-refractivity contribution in [3.8, 4) is 0 Å². The molecule has 0 bridgehead atoms. The van der Waals surface area contributed by atoms with Crippen molar-refractivity contribution in [1.29, 1.82) is 0 Å². The van der Waals surface area contributed by atoms with Crippen molar-refractivity contribution in [3.05, 3.63) is 45.7 Å². The number of carbonyl (C=O) groups excluding carboxylic acids is 1. The summed E-state index contributed by atoms with van der Waals surface area (Å²) in [5.41, 5.74) is 2.35. The zero-order chi connectivity index (χ0) is 19.6. The van der Waals surface area contributed by atoms with Crippen LogP contribution in [0.25, 0.3) is 10.9 Å². The second-order valence-electron chi connectivity index (χ2n) is 7.60. The van der Waals surface area contributed by atoms with Crippen molar-refractivity contribution < 1.29 is 9.53 Å². The van der Waals surface area contributed by atoms with E-state index in [0.29, 0.717) is 23.4 Å². The summed E-state index contributed by atoms with van der Waals surface area (Å²) in [6, 6.07) is 7.88. The van der Waals surface area contributed by atoms with Gasteiger partial charge in [0.05, 0.1) is 12.1 Å². The number of carbonyl (C=O) groups is 1. The monoisotopic (exact) mass is 371 g/mol. The van der Waals surface area contributed by atoms with E-state index in [9.17, 15) is 9.59 Å². The van der Waals surface area contributed by atoms with E-state index in [4.69, 9.17) is 4.74 Å². The highest BCUT2D eigenvalue weighted by atomic mass is 16.5. The number of pyridine rings is 1. The Morgan fingerprint density at radius 1 is 1.33 bits per heavy atom. The predicted octanol–water partition coefficient (Wildman–Crippen LogP) is 1.99. The number of nitrogens with one attached hydrogen (secondary N) is 2. The molecule has 2 atom stereocenters. The second-order valence-corrected chi connectivity index (χ2v) is 7.60. The summed E-state index contributed by atoms with van der Waals surface area (Å²) in [7, 11) is 1.69. The smallest absolute Gasteiger partial charge is 0.220 e. The first-order valence-corrected chi connectivity index (χ1v) is 9.57. The lowest BCUT2D eigenvalue weighted by molar-refractivity contribution is -0.122. The Morgan fingerprint density at radius 3 is 2.78 bits per heavy atom. The van der Waals surface area contributed by atoms with E-state index in [0.717, 1.165) is 24.3 Å². The largest absolute Gasteiger partial charge is 0.378 e. The van der Waals surface area contributed by atoms with Crippen LogP contribution in [0.3, 0.4) is 0 Å². The zero-order valence-corrected chi connectivity index (χ0v) is 16.5. The number of fused-ring (bicyclic) bond motifs is 1. The second kappa shape index (κ2) is 8.23. The molecule has 1 aliphatic rings. The molecule has 6 nitrogen and oxygen atoms in total. The number of benzene rings is 1. The molecule has 3 rings (SSSR count). The molecule has 0 radical (unpaired) electrons. The maximum absolute atomic E-state index is 12.7. The molecule has 146 valence electrons. The lowest BCUT2D eigenvalue weighted by Crippen LogP contribution is -2.44. The normalized spacial score (nSPS) is 20.5. The fourth-order valence-electron chi connectivity index (χ4n) is 3.82. The van der Waals surface area contributed by atoms with Crippen LogP contribution >= 0.6 is 0 Å². The fourth-order valence-corrected chi connectivity index (χ4v) is 3.82. The summed E-state index contributed by atoms with van der Waals surface area (Å²) in [6.45, 7) is 7.79. The number of methoxy groups -OCH3 is 1. The van der Waals surface area contributed by atoms with Gasteiger partial charge in [-0.2, -0.15) is 0 Å². The third-order valence-electron chi connectivity index (χ3n) is 5.50. The van der Waals surface area contributed by atoms with Crippen molar-refractivity contribution in [2.24, 2.45) is 0 Å². The number of hydrogen-bond acceptors (Lipinski definition) is 4. The first-order valence-electron chi connectivity index (χ1n) is 9.57. The van der Waals surface area contributed by atoms with Crippen LogP contribution in [-0.4, -0.2) is 54.2 Å². The third kappa shape index (κ3) is 4.22. The van der Waals surface area contributed by atoms with Crippen molar-refractivity contribution in [1.82, 2.24) is 15.2 Å². The summed E-state index contributed by atoms with van der Waals surface area (Å²) in [5.74, 6) is -0.0420. The quantitative estimate of drug-likeness (QED) is 0.814. The van der Waals surface area contributed by atoms with Gasteiger partial charge in [0, 0.05) is 54.8 Å². The lowest BCUT2D eigenvalue weighted by Gasteiger charge is -2.20. The number of para-hydroxylation sites is 1. The van der Waals surface area contributed by atoms with Crippen LogP contribution in [0.4, 0.5) is 0 Å². The summed E-state index contributed by atoms with van der Waals surface area (Å²) in [4.78, 5) is 30.8. The Morgan fingerprint density at radius 2 is 2.07 bits per heavy atom. The number of hydrogen-bond donors (Lipinski definition) is 2. The molecule has 2 N–H and O–H groups in total. The minimum atomic E-state index is -0.0420. The van der Waals surface area contributed by atoms with Gasteiger partial charge < -0.3 is 15.0 Å². The van der Waals surface area contributed by atoms with E-state index < -0.39 is 0 Å². The molecule has 1 fully saturated rings. The highest BCUT2D eigenvalue weighted by Crippen LogP contribution is 2.16. The molecule has 6 heteroatoms. The van der Waals surface area contributed by atoms with Gasteiger partial charge in [-0.1, -0.05) is 12.1 Å². The molecule has 1 aromatic carbocycles. The number of amides is 1. The molecule has 1 aliphatic heterocycles. The Kier molecular flexibility index (Phi) is 5.97. The Hall–Kier alpha value is -2.18. The molecular formula is C21H29N3O3. The molecule has 0 aliphatic carbocycles. The molecule has 1 aromatic heterocycles. The van der Waals surface area contributed by atoms with Gasteiger partial charge in [0.2, 0.25) is 5.91 Å². The van der Waals surface area contributed by atoms with Crippen LogP contribution in [0.15, 0.2) is 29.1 Å². The molecule has 2 heterocycles. The minimum absolute atomic E-state index is 0.00200. The van der Waals surface area contributed by atoms with Crippen LogP contribution in [0.5, 0.6) is 0 Å². The van der Waals surface area contributed by atoms with Gasteiger partial charge in [0.15, 0.2) is 5.43 Å². The summed E-state index contributed by atoms with van der Waals surface area (Å²) >= 11 is 0. The first-order chi connectivity index (χ1) is 12.9. The van der Waals surface area contributed by atoms with Gasteiger partial charge >= 0.3 is 0 Å². The van der Waals surface area contributed by atoms with Crippen LogP contribution in [-0.2, 0) is 16.0 Å². The van der Waals surface area contributed by atoms with E-state index in [2.05, 4.69) is 29.0 Å². The maximum atomic E-state index is 12.7. The van der Waals surface area contributed by atoms with E-state index in [1.54, 1.807) is 7.11 Å². The van der Waals surface area contributed by atoms with Crippen molar-refractivity contribution >= 4 is 16.8 Å². The molecule has 0 spiro atoms. The van der Waals surface area contributed by atoms with Crippen LogP contribution in [0.1, 0.15) is 31.5 Å². The summed E-state index contributed by atoms with van der Waals surface area (Å²) in [5, 5.41) is 3.76. The number of aromatic nitrogens is 1. The summed E-state index contributed by atoms with van der Waals surface area (Å²) < 4.78 is 5.54. The van der Waals surface area contributed by atoms with Gasteiger partial charge in [-0.3, -0.25) is 14.5 Å².